The molecule has 1 unspecified atom stereocenters. The number of carbonyl (C=O) groups is 1. The van der Waals surface area contributed by atoms with Crippen LogP contribution in [0.15, 0.2) is 16.9 Å². The van der Waals surface area contributed by atoms with Crippen LogP contribution in [0.25, 0.3) is 0 Å². The quantitative estimate of drug-likeness (QED) is 0.713. The van der Waals surface area contributed by atoms with E-state index in [1.165, 1.54) is 4.57 Å². The number of hydrogen-bond acceptors (Lipinski definition) is 4. The lowest BCUT2D eigenvalue weighted by molar-refractivity contribution is -0.118. The number of rotatable bonds is 7. The van der Waals surface area contributed by atoms with Crippen molar-refractivity contribution in [3.05, 3.63) is 28.2 Å². The van der Waals surface area contributed by atoms with Gasteiger partial charge in [-0.1, -0.05) is 13.3 Å². The summed E-state index contributed by atoms with van der Waals surface area (Å²) in [6, 6.07) is 3.25. The van der Waals surface area contributed by atoms with E-state index in [4.69, 9.17) is 5.73 Å². The van der Waals surface area contributed by atoms with E-state index in [9.17, 15) is 14.1 Å². The van der Waals surface area contributed by atoms with Gasteiger partial charge in [-0.2, -0.15) is 0 Å². The highest BCUT2D eigenvalue weighted by molar-refractivity contribution is 7.92. The van der Waals surface area contributed by atoms with Gasteiger partial charge in [-0.05, 0) is 25.5 Å². The van der Waals surface area contributed by atoms with E-state index in [2.05, 4.69) is 4.72 Å². The second-order valence-corrected chi connectivity index (χ2v) is 5.55. The van der Waals surface area contributed by atoms with Crippen LogP contribution in [0.1, 0.15) is 25.5 Å². The molecule has 0 fully saturated rings. The minimum Gasteiger partial charge on any atom is -0.593 e. The van der Waals surface area contributed by atoms with Gasteiger partial charge >= 0.3 is 0 Å². The van der Waals surface area contributed by atoms with Gasteiger partial charge < -0.3 is 14.9 Å². The molecule has 6 nitrogen and oxygen atoms in total. The Morgan fingerprint density at radius 1 is 1.53 bits per heavy atom. The second-order valence-electron chi connectivity index (χ2n) is 4.25. The van der Waals surface area contributed by atoms with Crippen molar-refractivity contribution in [1.29, 1.82) is 0 Å². The SMILES string of the molecule is CCCC[S+]([O-])Nc1ccc(C)n(CC(N)=O)c1=O. The third-order valence-corrected chi connectivity index (χ3v) is 3.72. The summed E-state index contributed by atoms with van der Waals surface area (Å²) < 4.78 is 15.6. The number of aromatic nitrogens is 1. The van der Waals surface area contributed by atoms with Crippen molar-refractivity contribution in [2.75, 3.05) is 10.5 Å². The van der Waals surface area contributed by atoms with Gasteiger partial charge in [-0.3, -0.25) is 9.59 Å². The zero-order valence-electron chi connectivity index (χ0n) is 11.1. The Labute approximate surface area is 115 Å². The largest absolute Gasteiger partial charge is 0.593 e. The number of primary amides is 1. The highest BCUT2D eigenvalue weighted by atomic mass is 32.2. The van der Waals surface area contributed by atoms with Gasteiger partial charge in [-0.15, -0.1) is 0 Å². The second kappa shape index (κ2) is 7.20. The molecular formula is C12H19N3O3S. The van der Waals surface area contributed by atoms with Gasteiger partial charge in [0, 0.05) is 5.69 Å². The van der Waals surface area contributed by atoms with E-state index in [0.717, 1.165) is 12.8 Å². The Morgan fingerprint density at radius 3 is 2.79 bits per heavy atom. The van der Waals surface area contributed by atoms with E-state index >= 15 is 0 Å². The number of anilines is 1. The Morgan fingerprint density at radius 2 is 2.21 bits per heavy atom. The van der Waals surface area contributed by atoms with Crippen LogP contribution in [-0.2, 0) is 22.7 Å². The molecule has 1 aromatic rings. The van der Waals surface area contributed by atoms with Crippen LogP contribution in [0.3, 0.4) is 0 Å². The van der Waals surface area contributed by atoms with Crippen molar-refractivity contribution in [2.45, 2.75) is 33.2 Å². The summed E-state index contributed by atoms with van der Waals surface area (Å²) in [5.74, 6) is -0.103. The first-order valence-corrected chi connectivity index (χ1v) is 7.41. The molecule has 3 N–H and O–H groups in total. The molecule has 0 aliphatic carbocycles. The molecule has 1 aromatic heterocycles. The molecule has 1 heterocycles. The molecule has 106 valence electrons. The molecule has 1 rings (SSSR count). The molecule has 0 bridgehead atoms. The van der Waals surface area contributed by atoms with Crippen molar-refractivity contribution in [1.82, 2.24) is 4.57 Å². The summed E-state index contributed by atoms with van der Waals surface area (Å²) in [6.45, 7) is 3.53. The monoisotopic (exact) mass is 285 g/mol. The van der Waals surface area contributed by atoms with E-state index in [0.29, 0.717) is 11.4 Å². The van der Waals surface area contributed by atoms with E-state index < -0.39 is 17.3 Å². The van der Waals surface area contributed by atoms with Crippen LogP contribution in [0.4, 0.5) is 5.69 Å². The molecule has 1 amide bonds. The fourth-order valence-electron chi connectivity index (χ4n) is 1.55. The van der Waals surface area contributed by atoms with Gasteiger partial charge in [0.2, 0.25) is 5.91 Å². The van der Waals surface area contributed by atoms with Crippen LogP contribution in [0.2, 0.25) is 0 Å². The Hall–Kier alpha value is -1.47. The number of nitrogens with one attached hydrogen (secondary N) is 1. The maximum Gasteiger partial charge on any atom is 0.278 e. The molecule has 19 heavy (non-hydrogen) atoms. The molecule has 0 aliphatic rings. The van der Waals surface area contributed by atoms with E-state index in [1.807, 2.05) is 6.92 Å². The molecule has 0 saturated heterocycles. The van der Waals surface area contributed by atoms with Crippen LogP contribution >= 0.6 is 0 Å². The zero-order chi connectivity index (χ0) is 14.4. The Bertz CT molecular complexity index is 501. The number of hydrogen-bond donors (Lipinski definition) is 2. The fraction of sp³-hybridized carbons (Fsp3) is 0.500. The predicted molar refractivity (Wildman–Crippen MR) is 76.2 cm³/mol. The average Bonchev–Trinajstić information content (AvgIpc) is 2.35. The van der Waals surface area contributed by atoms with Crippen molar-refractivity contribution >= 4 is 23.0 Å². The minimum atomic E-state index is -1.29. The minimum absolute atomic E-state index is 0.179. The summed E-state index contributed by atoms with van der Waals surface area (Å²) in [5, 5.41) is 0. The normalized spacial score (nSPS) is 12.2. The van der Waals surface area contributed by atoms with Crippen molar-refractivity contribution in [3.63, 3.8) is 0 Å². The summed E-state index contributed by atoms with van der Waals surface area (Å²) in [7, 11) is 0. The molecular weight excluding hydrogens is 266 g/mol. The van der Waals surface area contributed by atoms with Crippen LogP contribution in [0.5, 0.6) is 0 Å². The number of nitrogens with zero attached hydrogens (tertiary/aromatic N) is 1. The number of carbonyl (C=O) groups excluding carboxylic acids is 1. The smallest absolute Gasteiger partial charge is 0.278 e. The lowest BCUT2D eigenvalue weighted by atomic mass is 10.3. The molecule has 0 saturated carbocycles. The molecule has 7 heteroatoms. The standard InChI is InChI=1S/C12H19N3O3S/c1-3-4-7-19(18)14-10-6-5-9(2)15(12(10)17)8-11(13)16/h5-6,14H,3-4,7-8H2,1-2H3,(H2,13,16). The molecule has 0 radical (unpaired) electrons. The Kier molecular flexibility index (Phi) is 5.91. The molecule has 0 aliphatic heterocycles. The first-order valence-electron chi connectivity index (χ1n) is 6.09. The summed E-state index contributed by atoms with van der Waals surface area (Å²) in [6.07, 6.45) is 1.76. The summed E-state index contributed by atoms with van der Waals surface area (Å²) >= 11 is -1.29. The van der Waals surface area contributed by atoms with Crippen molar-refractivity contribution in [2.24, 2.45) is 5.73 Å². The molecule has 0 spiro atoms. The number of amides is 1. The zero-order valence-corrected chi connectivity index (χ0v) is 12.0. The number of nitrogens with two attached hydrogens (primary N) is 1. The summed E-state index contributed by atoms with van der Waals surface area (Å²) in [5.41, 5.74) is 5.57. The van der Waals surface area contributed by atoms with E-state index in [-0.39, 0.29) is 17.8 Å². The van der Waals surface area contributed by atoms with Gasteiger partial charge in [-0.25, -0.2) is 4.72 Å². The van der Waals surface area contributed by atoms with Crippen LogP contribution in [-0.4, -0.2) is 20.8 Å². The highest BCUT2D eigenvalue weighted by Gasteiger charge is 2.13. The number of pyridine rings is 1. The average molecular weight is 285 g/mol. The van der Waals surface area contributed by atoms with Gasteiger partial charge in [0.1, 0.15) is 18.0 Å². The first kappa shape index (κ1) is 15.6. The van der Waals surface area contributed by atoms with Crippen molar-refractivity contribution in [3.8, 4) is 0 Å². The predicted octanol–water partition coefficient (Wildman–Crippen LogP) is 0.518. The summed E-state index contributed by atoms with van der Waals surface area (Å²) in [4.78, 5) is 23.0. The molecule has 1 atom stereocenters. The highest BCUT2D eigenvalue weighted by Crippen LogP contribution is 2.07. The third kappa shape index (κ3) is 4.60. The number of aryl methyl sites for hydroxylation is 1. The van der Waals surface area contributed by atoms with Crippen LogP contribution < -0.4 is 16.0 Å². The van der Waals surface area contributed by atoms with Crippen molar-refractivity contribution < 1.29 is 9.35 Å². The van der Waals surface area contributed by atoms with Gasteiger partial charge in [0.15, 0.2) is 0 Å². The lowest BCUT2D eigenvalue weighted by Gasteiger charge is -2.13. The lowest BCUT2D eigenvalue weighted by Crippen LogP contribution is -2.32. The van der Waals surface area contributed by atoms with E-state index in [1.54, 1.807) is 19.1 Å². The van der Waals surface area contributed by atoms with Crippen LogP contribution in [0, 0.1) is 6.92 Å². The van der Waals surface area contributed by atoms with Gasteiger partial charge in [0.05, 0.1) is 11.4 Å². The third-order valence-electron chi connectivity index (χ3n) is 2.61. The Balaban J connectivity index is 2.91. The maximum absolute atomic E-state index is 12.1. The fourth-order valence-corrected chi connectivity index (χ4v) is 2.60. The number of unbranched alkanes of at least 4 members (excludes halogenated alkanes) is 1. The maximum atomic E-state index is 12.1. The van der Waals surface area contributed by atoms with Gasteiger partial charge in [0.25, 0.3) is 5.56 Å². The molecule has 0 aromatic carbocycles. The first-order chi connectivity index (χ1) is 8.95. The topological polar surface area (TPSA) is 100 Å².